The normalized spacial score (nSPS) is 10.8. The van der Waals surface area contributed by atoms with Gasteiger partial charge in [0.1, 0.15) is 22.8 Å². The third-order valence-electron chi connectivity index (χ3n) is 5.98. The molecule has 5 rings (SSSR count). The fraction of sp³-hybridized carbons (Fsp3) is 0.0667. The molecular weight excluding hydrogens is 518 g/mol. The Kier molecular flexibility index (Phi) is 7.32. The van der Waals surface area contributed by atoms with Crippen LogP contribution in [0, 0.1) is 11.6 Å². The number of pyridine rings is 2. The molecule has 0 aliphatic heterocycles. The summed E-state index contributed by atoms with van der Waals surface area (Å²) in [4.78, 5) is 42.3. The third kappa shape index (κ3) is 5.41. The maximum atomic E-state index is 14.9. The summed E-state index contributed by atoms with van der Waals surface area (Å²) in [6, 6.07) is 19.0. The van der Waals surface area contributed by atoms with Gasteiger partial charge in [-0.15, -0.1) is 0 Å². The predicted octanol–water partition coefficient (Wildman–Crippen LogP) is 5.46. The van der Waals surface area contributed by atoms with Crippen LogP contribution in [-0.2, 0) is 0 Å². The molecule has 0 fully saturated rings. The number of benzene rings is 3. The number of amides is 2. The number of anilines is 1. The second-order valence-corrected chi connectivity index (χ2v) is 8.67. The number of nitrogens with zero attached hydrogens (tertiary/aromatic N) is 2. The number of halogens is 2. The molecule has 40 heavy (non-hydrogen) atoms. The summed E-state index contributed by atoms with van der Waals surface area (Å²) in [7, 11) is 0. The molecule has 0 spiro atoms. The van der Waals surface area contributed by atoms with E-state index in [9.17, 15) is 23.2 Å². The van der Waals surface area contributed by atoms with Crippen molar-refractivity contribution in [3.63, 3.8) is 0 Å². The van der Waals surface area contributed by atoms with Crippen molar-refractivity contribution < 1.29 is 23.1 Å². The smallest absolute Gasteiger partial charge is 0.270 e. The number of para-hydroxylation sites is 1. The Morgan fingerprint density at radius 1 is 0.950 bits per heavy atom. The van der Waals surface area contributed by atoms with E-state index >= 15 is 0 Å². The zero-order valence-electron chi connectivity index (χ0n) is 21.2. The SMILES string of the molecule is CCNC(=O)c1cc(Oc2ccc(NC(=O)c3cn(-c4ccc(F)cc4)c4ccccc4c3=O)cc2F)ccn1. The van der Waals surface area contributed by atoms with Gasteiger partial charge in [0, 0.05) is 47.8 Å². The zero-order chi connectivity index (χ0) is 28.2. The van der Waals surface area contributed by atoms with E-state index in [-0.39, 0.29) is 28.4 Å². The molecule has 0 aliphatic rings. The summed E-state index contributed by atoms with van der Waals surface area (Å²) in [6.45, 7) is 2.20. The number of hydrogen-bond acceptors (Lipinski definition) is 5. The van der Waals surface area contributed by atoms with Gasteiger partial charge in [-0.1, -0.05) is 12.1 Å². The van der Waals surface area contributed by atoms with E-state index in [0.717, 1.165) is 6.07 Å². The molecule has 0 atom stereocenters. The third-order valence-corrected chi connectivity index (χ3v) is 5.98. The number of nitrogens with one attached hydrogen (secondary N) is 2. The average Bonchev–Trinajstić information content (AvgIpc) is 2.96. The summed E-state index contributed by atoms with van der Waals surface area (Å²) in [5.74, 6) is -2.29. The molecule has 3 aromatic carbocycles. The van der Waals surface area contributed by atoms with Gasteiger partial charge in [0.05, 0.1) is 5.52 Å². The number of hydrogen-bond donors (Lipinski definition) is 2. The van der Waals surface area contributed by atoms with Gasteiger partial charge in [-0.3, -0.25) is 19.4 Å². The van der Waals surface area contributed by atoms with Crippen molar-refractivity contribution in [1.82, 2.24) is 14.9 Å². The van der Waals surface area contributed by atoms with E-state index in [0.29, 0.717) is 23.1 Å². The van der Waals surface area contributed by atoms with Crippen molar-refractivity contribution in [2.75, 3.05) is 11.9 Å². The number of rotatable bonds is 7. The number of carbonyl (C=O) groups excluding carboxylic acids is 2. The van der Waals surface area contributed by atoms with Crippen LogP contribution in [0.2, 0.25) is 0 Å². The first-order valence-corrected chi connectivity index (χ1v) is 12.3. The van der Waals surface area contributed by atoms with Crippen molar-refractivity contribution in [2.45, 2.75) is 6.92 Å². The van der Waals surface area contributed by atoms with Gasteiger partial charge in [-0.25, -0.2) is 8.78 Å². The lowest BCUT2D eigenvalue weighted by Gasteiger charge is -2.14. The van der Waals surface area contributed by atoms with Gasteiger partial charge in [-0.2, -0.15) is 0 Å². The number of fused-ring (bicyclic) bond motifs is 1. The minimum absolute atomic E-state index is 0.0912. The van der Waals surface area contributed by atoms with Crippen LogP contribution in [0.15, 0.2) is 96.1 Å². The molecule has 0 aliphatic carbocycles. The lowest BCUT2D eigenvalue weighted by atomic mass is 10.1. The number of aromatic nitrogens is 2. The molecule has 200 valence electrons. The van der Waals surface area contributed by atoms with E-state index in [2.05, 4.69) is 15.6 Å². The predicted molar refractivity (Wildman–Crippen MR) is 146 cm³/mol. The largest absolute Gasteiger partial charge is 0.454 e. The molecule has 2 N–H and O–H groups in total. The quantitative estimate of drug-likeness (QED) is 0.286. The molecule has 2 aromatic heterocycles. The molecule has 0 saturated carbocycles. The molecule has 8 nitrogen and oxygen atoms in total. The van der Waals surface area contributed by atoms with Gasteiger partial charge in [0.2, 0.25) is 5.43 Å². The van der Waals surface area contributed by atoms with Crippen molar-refractivity contribution in [2.24, 2.45) is 0 Å². The number of carbonyl (C=O) groups is 2. The van der Waals surface area contributed by atoms with E-state index in [4.69, 9.17) is 4.74 Å². The van der Waals surface area contributed by atoms with Gasteiger partial charge in [-0.05, 0) is 61.5 Å². The van der Waals surface area contributed by atoms with Crippen LogP contribution < -0.4 is 20.8 Å². The standard InChI is InChI=1S/C30H22F2N4O4/c1-2-33-30(39)25-16-21(13-14-34-25)40-27-12-9-19(15-24(27)32)35-29(38)23-17-36(20-10-7-18(31)8-11-20)26-6-4-3-5-22(26)28(23)37/h3-17H,2H2,1H3,(H,33,39)(H,35,38). The molecule has 0 saturated heterocycles. The zero-order valence-corrected chi connectivity index (χ0v) is 21.2. The van der Waals surface area contributed by atoms with Crippen LogP contribution in [0.5, 0.6) is 11.5 Å². The molecule has 0 bridgehead atoms. The van der Waals surface area contributed by atoms with E-state index < -0.39 is 28.9 Å². The highest BCUT2D eigenvalue weighted by Crippen LogP contribution is 2.27. The Morgan fingerprint density at radius 2 is 1.73 bits per heavy atom. The Hall–Kier alpha value is -5.38. The highest BCUT2D eigenvalue weighted by atomic mass is 19.1. The topological polar surface area (TPSA) is 102 Å². The fourth-order valence-corrected chi connectivity index (χ4v) is 4.09. The lowest BCUT2D eigenvalue weighted by Crippen LogP contribution is -2.23. The Balaban J connectivity index is 1.41. The van der Waals surface area contributed by atoms with Crippen LogP contribution >= 0.6 is 0 Å². The molecule has 10 heteroatoms. The minimum atomic E-state index is -0.781. The average molecular weight is 541 g/mol. The van der Waals surface area contributed by atoms with Crippen LogP contribution in [0.25, 0.3) is 16.6 Å². The van der Waals surface area contributed by atoms with Crippen molar-refractivity contribution in [3.8, 4) is 17.2 Å². The summed E-state index contributed by atoms with van der Waals surface area (Å²) in [5.41, 5.74) is 0.602. The molecular formula is C30H22F2N4O4. The molecule has 0 unspecified atom stereocenters. The van der Waals surface area contributed by atoms with E-state index in [1.165, 1.54) is 60.9 Å². The summed E-state index contributed by atoms with van der Waals surface area (Å²) < 4.78 is 35.6. The second kappa shape index (κ2) is 11.2. The first-order chi connectivity index (χ1) is 19.3. The molecule has 5 aromatic rings. The fourth-order valence-electron chi connectivity index (χ4n) is 4.09. The van der Waals surface area contributed by atoms with Crippen LogP contribution in [0.1, 0.15) is 27.8 Å². The van der Waals surface area contributed by atoms with Crippen LogP contribution in [-0.4, -0.2) is 27.9 Å². The van der Waals surface area contributed by atoms with Gasteiger partial charge >= 0.3 is 0 Å². The maximum Gasteiger partial charge on any atom is 0.270 e. The Bertz CT molecular complexity index is 1800. The van der Waals surface area contributed by atoms with Crippen LogP contribution in [0.4, 0.5) is 14.5 Å². The van der Waals surface area contributed by atoms with Gasteiger partial charge in [0.25, 0.3) is 11.8 Å². The van der Waals surface area contributed by atoms with Crippen LogP contribution in [0.3, 0.4) is 0 Å². The van der Waals surface area contributed by atoms with Crippen molar-refractivity contribution in [3.05, 3.63) is 124 Å². The van der Waals surface area contributed by atoms with Crippen molar-refractivity contribution in [1.29, 1.82) is 0 Å². The van der Waals surface area contributed by atoms with Gasteiger partial charge < -0.3 is 19.9 Å². The first-order valence-electron chi connectivity index (χ1n) is 12.3. The van der Waals surface area contributed by atoms with Crippen molar-refractivity contribution >= 4 is 28.4 Å². The first kappa shape index (κ1) is 26.2. The highest BCUT2D eigenvalue weighted by Gasteiger charge is 2.18. The summed E-state index contributed by atoms with van der Waals surface area (Å²) in [6.07, 6.45) is 2.74. The summed E-state index contributed by atoms with van der Waals surface area (Å²) >= 11 is 0. The minimum Gasteiger partial charge on any atom is -0.454 e. The summed E-state index contributed by atoms with van der Waals surface area (Å²) in [5, 5.41) is 5.46. The second-order valence-electron chi connectivity index (χ2n) is 8.67. The molecule has 2 heterocycles. The number of ether oxygens (including phenoxy) is 1. The van der Waals surface area contributed by atoms with Gasteiger partial charge in [0.15, 0.2) is 11.6 Å². The molecule has 2 amide bonds. The van der Waals surface area contributed by atoms with E-state index in [1.807, 2.05) is 0 Å². The van der Waals surface area contributed by atoms with E-state index in [1.54, 1.807) is 35.8 Å². The molecule has 0 radical (unpaired) electrons. The maximum absolute atomic E-state index is 14.9. The Labute approximate surface area is 226 Å². The lowest BCUT2D eigenvalue weighted by molar-refractivity contribution is 0.0949. The highest BCUT2D eigenvalue weighted by molar-refractivity contribution is 6.06. The Morgan fingerprint density at radius 3 is 2.48 bits per heavy atom. The monoisotopic (exact) mass is 540 g/mol.